The molecule has 2 N–H and O–H groups in total. The quantitative estimate of drug-likeness (QED) is 0.794. The van der Waals surface area contributed by atoms with Crippen molar-refractivity contribution in [1.29, 1.82) is 0 Å². The van der Waals surface area contributed by atoms with Crippen LogP contribution in [0, 0.1) is 0 Å². The van der Waals surface area contributed by atoms with Crippen molar-refractivity contribution in [3.8, 4) is 0 Å². The molecular formula is C12H13NO2. The lowest BCUT2D eigenvalue weighted by atomic mass is 9.80. The van der Waals surface area contributed by atoms with Gasteiger partial charge in [-0.3, -0.25) is 9.59 Å². The molecule has 0 spiro atoms. The largest absolute Gasteiger partial charge is 0.370 e. The van der Waals surface area contributed by atoms with E-state index >= 15 is 0 Å². The molecule has 2 rings (SSSR count). The van der Waals surface area contributed by atoms with Gasteiger partial charge in [-0.25, -0.2) is 0 Å². The summed E-state index contributed by atoms with van der Waals surface area (Å²) in [6.45, 7) is 0. The van der Waals surface area contributed by atoms with Gasteiger partial charge in [0.1, 0.15) is 0 Å². The van der Waals surface area contributed by atoms with E-state index in [0.29, 0.717) is 12.8 Å². The predicted octanol–water partition coefficient (Wildman–Crippen LogP) is 1.62. The average Bonchev–Trinajstić information content (AvgIpc) is 2.22. The first kappa shape index (κ1) is 9.90. The predicted molar refractivity (Wildman–Crippen MR) is 56.6 cm³/mol. The molecule has 1 aliphatic carbocycles. The van der Waals surface area contributed by atoms with Crippen molar-refractivity contribution >= 4 is 11.7 Å². The first-order chi connectivity index (χ1) is 7.18. The molecule has 1 aromatic carbocycles. The molecule has 0 saturated heterocycles. The van der Waals surface area contributed by atoms with E-state index in [1.54, 1.807) is 0 Å². The van der Waals surface area contributed by atoms with E-state index in [2.05, 4.69) is 0 Å². The Morgan fingerprint density at radius 3 is 2.87 bits per heavy atom. The number of nitrogens with two attached hydrogens (primary N) is 1. The van der Waals surface area contributed by atoms with Gasteiger partial charge in [0.05, 0.1) is 0 Å². The highest BCUT2D eigenvalue weighted by Gasteiger charge is 2.25. The maximum absolute atomic E-state index is 11.6. The van der Waals surface area contributed by atoms with E-state index in [-0.39, 0.29) is 17.6 Å². The van der Waals surface area contributed by atoms with Crippen LogP contribution >= 0.6 is 0 Å². The molecule has 3 heteroatoms. The van der Waals surface area contributed by atoms with Crippen LogP contribution in [0.1, 0.15) is 41.1 Å². The van der Waals surface area contributed by atoms with Gasteiger partial charge in [-0.15, -0.1) is 0 Å². The Labute approximate surface area is 88.3 Å². The van der Waals surface area contributed by atoms with Crippen LogP contribution in [0.25, 0.3) is 0 Å². The van der Waals surface area contributed by atoms with Crippen LogP contribution < -0.4 is 5.73 Å². The molecule has 1 atom stereocenters. The van der Waals surface area contributed by atoms with E-state index in [4.69, 9.17) is 5.73 Å². The van der Waals surface area contributed by atoms with Gasteiger partial charge in [0, 0.05) is 18.4 Å². The maximum atomic E-state index is 11.6. The Bertz CT molecular complexity index is 412. The number of Topliss-reactive ketones (excluding diaryl/α,β-unsaturated/α-hetero) is 1. The molecule has 1 amide bonds. The third-order valence-corrected chi connectivity index (χ3v) is 2.87. The lowest BCUT2D eigenvalue weighted by molar-refractivity contribution is -0.118. The molecule has 15 heavy (non-hydrogen) atoms. The topological polar surface area (TPSA) is 60.2 Å². The van der Waals surface area contributed by atoms with Crippen LogP contribution in [-0.4, -0.2) is 11.7 Å². The van der Waals surface area contributed by atoms with Crippen molar-refractivity contribution in [2.75, 3.05) is 0 Å². The van der Waals surface area contributed by atoms with E-state index in [1.807, 2.05) is 24.3 Å². The number of hydrogen-bond acceptors (Lipinski definition) is 2. The number of carbonyl (C=O) groups is 2. The number of benzene rings is 1. The van der Waals surface area contributed by atoms with Gasteiger partial charge in [-0.05, 0) is 17.9 Å². The van der Waals surface area contributed by atoms with E-state index < -0.39 is 0 Å². The minimum Gasteiger partial charge on any atom is -0.370 e. The summed E-state index contributed by atoms with van der Waals surface area (Å²) in [6.07, 6.45) is 1.60. The van der Waals surface area contributed by atoms with E-state index in [1.165, 1.54) is 0 Å². The fraction of sp³-hybridized carbons (Fsp3) is 0.333. The number of hydrogen-bond donors (Lipinski definition) is 1. The highest BCUT2D eigenvalue weighted by molar-refractivity contribution is 5.99. The normalized spacial score (nSPS) is 19.7. The number of ketones is 1. The zero-order valence-electron chi connectivity index (χ0n) is 8.40. The molecule has 0 aromatic heterocycles. The van der Waals surface area contributed by atoms with Gasteiger partial charge in [-0.1, -0.05) is 24.3 Å². The zero-order chi connectivity index (χ0) is 10.8. The first-order valence-corrected chi connectivity index (χ1v) is 5.09. The van der Waals surface area contributed by atoms with Crippen molar-refractivity contribution in [2.24, 2.45) is 5.73 Å². The smallest absolute Gasteiger partial charge is 0.218 e. The molecule has 0 aliphatic heterocycles. The highest BCUT2D eigenvalue weighted by atomic mass is 16.1. The molecule has 0 radical (unpaired) electrons. The summed E-state index contributed by atoms with van der Waals surface area (Å²) in [5.74, 6) is -0.00753. The summed E-state index contributed by atoms with van der Waals surface area (Å²) in [5, 5.41) is 0. The van der Waals surface area contributed by atoms with Crippen molar-refractivity contribution < 1.29 is 9.59 Å². The van der Waals surface area contributed by atoms with Gasteiger partial charge in [0.25, 0.3) is 0 Å². The third-order valence-electron chi connectivity index (χ3n) is 2.87. The summed E-state index contributed by atoms with van der Waals surface area (Å²) in [4.78, 5) is 22.5. The van der Waals surface area contributed by atoms with Crippen molar-refractivity contribution in [2.45, 2.75) is 25.2 Å². The minimum atomic E-state index is -0.302. The van der Waals surface area contributed by atoms with Gasteiger partial charge in [0.15, 0.2) is 5.78 Å². The van der Waals surface area contributed by atoms with Crippen LogP contribution in [0.2, 0.25) is 0 Å². The molecule has 1 aliphatic rings. The molecule has 0 unspecified atom stereocenters. The van der Waals surface area contributed by atoms with Crippen molar-refractivity contribution in [3.63, 3.8) is 0 Å². The van der Waals surface area contributed by atoms with Crippen molar-refractivity contribution in [1.82, 2.24) is 0 Å². The Morgan fingerprint density at radius 1 is 1.40 bits per heavy atom. The Morgan fingerprint density at radius 2 is 2.13 bits per heavy atom. The fourth-order valence-electron chi connectivity index (χ4n) is 2.16. The second-order valence-corrected chi connectivity index (χ2v) is 3.92. The lowest BCUT2D eigenvalue weighted by Crippen LogP contribution is -2.21. The SMILES string of the molecule is NC(=O)C[C@@H]1CCC(=O)c2ccccc21. The standard InChI is InChI=1S/C12H13NO2/c13-12(15)7-8-5-6-11(14)10-4-2-1-3-9(8)10/h1-4,8H,5-7H2,(H2,13,15)/t8-/m0/s1. The lowest BCUT2D eigenvalue weighted by Gasteiger charge is -2.23. The van der Waals surface area contributed by atoms with Crippen LogP contribution in [0.4, 0.5) is 0 Å². The monoisotopic (exact) mass is 203 g/mol. The molecule has 0 bridgehead atoms. The second-order valence-electron chi connectivity index (χ2n) is 3.92. The highest BCUT2D eigenvalue weighted by Crippen LogP contribution is 2.33. The summed E-state index contributed by atoms with van der Waals surface area (Å²) in [6, 6.07) is 7.49. The second kappa shape index (κ2) is 3.85. The van der Waals surface area contributed by atoms with Crippen LogP contribution in [0.15, 0.2) is 24.3 Å². The van der Waals surface area contributed by atoms with E-state index in [0.717, 1.165) is 17.5 Å². The zero-order valence-corrected chi connectivity index (χ0v) is 8.40. The minimum absolute atomic E-state index is 0.122. The molecule has 78 valence electrons. The Hall–Kier alpha value is -1.64. The number of carbonyl (C=O) groups excluding carboxylic acids is 2. The van der Waals surface area contributed by atoms with Gasteiger partial charge in [-0.2, -0.15) is 0 Å². The summed E-state index contributed by atoms with van der Waals surface area (Å²) in [7, 11) is 0. The molecule has 0 saturated carbocycles. The number of amides is 1. The number of rotatable bonds is 2. The van der Waals surface area contributed by atoms with Gasteiger partial charge in [0.2, 0.25) is 5.91 Å². The maximum Gasteiger partial charge on any atom is 0.218 e. The van der Waals surface area contributed by atoms with Gasteiger partial charge < -0.3 is 5.73 Å². The van der Waals surface area contributed by atoms with Crippen LogP contribution in [0.3, 0.4) is 0 Å². The van der Waals surface area contributed by atoms with Crippen molar-refractivity contribution in [3.05, 3.63) is 35.4 Å². The molecular weight excluding hydrogens is 190 g/mol. The summed E-state index contributed by atoms with van der Waals surface area (Å²) >= 11 is 0. The van der Waals surface area contributed by atoms with Crippen LogP contribution in [0.5, 0.6) is 0 Å². The Kier molecular flexibility index (Phi) is 2.54. The third kappa shape index (κ3) is 1.91. The summed E-state index contributed by atoms with van der Waals surface area (Å²) < 4.78 is 0. The molecule has 1 aromatic rings. The summed E-state index contributed by atoms with van der Waals surface area (Å²) in [5.41, 5.74) is 6.93. The fourth-order valence-corrected chi connectivity index (χ4v) is 2.16. The first-order valence-electron chi connectivity index (χ1n) is 5.09. The van der Waals surface area contributed by atoms with E-state index in [9.17, 15) is 9.59 Å². The van der Waals surface area contributed by atoms with Crippen LogP contribution in [-0.2, 0) is 4.79 Å². The molecule has 0 fully saturated rings. The Balaban J connectivity index is 2.36. The average molecular weight is 203 g/mol. The number of fused-ring (bicyclic) bond motifs is 1. The number of primary amides is 1. The molecule has 0 heterocycles. The molecule has 3 nitrogen and oxygen atoms in total. The van der Waals surface area contributed by atoms with Gasteiger partial charge >= 0.3 is 0 Å².